The van der Waals surface area contributed by atoms with E-state index in [0.29, 0.717) is 41.4 Å². The highest BCUT2D eigenvalue weighted by molar-refractivity contribution is 5.14. The van der Waals surface area contributed by atoms with Crippen molar-refractivity contribution in [1.29, 1.82) is 0 Å². The van der Waals surface area contributed by atoms with Crippen molar-refractivity contribution in [2.75, 3.05) is 6.61 Å². The molecule has 4 aliphatic rings. The lowest BCUT2D eigenvalue weighted by Gasteiger charge is -2.63. The highest BCUT2D eigenvalue weighted by Gasteiger charge is 2.65. The number of hydrogen-bond donors (Lipinski definition) is 4. The monoisotopic (exact) mass is 436 g/mol. The highest BCUT2D eigenvalue weighted by Crippen LogP contribution is 2.68. The van der Waals surface area contributed by atoms with Crippen molar-refractivity contribution in [2.24, 2.45) is 52.3 Å². The minimum atomic E-state index is -0.292. The molecule has 8 unspecified atom stereocenters. The van der Waals surface area contributed by atoms with Gasteiger partial charge in [0.25, 0.3) is 0 Å². The number of hydrogen-bond acceptors (Lipinski definition) is 4. The second-order valence-electron chi connectivity index (χ2n) is 12.7. The quantitative estimate of drug-likeness (QED) is 0.498. The van der Waals surface area contributed by atoms with E-state index in [9.17, 15) is 20.4 Å². The number of aliphatic hydroxyl groups excluding tert-OH is 4. The van der Waals surface area contributed by atoms with E-state index in [-0.39, 0.29) is 35.7 Å². The van der Waals surface area contributed by atoms with Gasteiger partial charge in [0.2, 0.25) is 0 Å². The summed E-state index contributed by atoms with van der Waals surface area (Å²) in [5, 5.41) is 42.6. The van der Waals surface area contributed by atoms with Crippen molar-refractivity contribution in [2.45, 2.75) is 110 Å². The van der Waals surface area contributed by atoms with E-state index in [1.807, 2.05) is 0 Å². The molecule has 0 aliphatic heterocycles. The highest BCUT2D eigenvalue weighted by atomic mass is 16.3. The van der Waals surface area contributed by atoms with Gasteiger partial charge in [-0.05, 0) is 104 Å². The SMILES string of the molecule is CC(CO)CCCC(C)C1CCC2C3C(C[C@H](O)C12C)C1(C)CC[C@@H](O)C[C@@H]1C[C@H]3O. The summed E-state index contributed by atoms with van der Waals surface area (Å²) in [6, 6.07) is 0. The van der Waals surface area contributed by atoms with Crippen molar-refractivity contribution in [3.8, 4) is 0 Å². The van der Waals surface area contributed by atoms with Crippen LogP contribution in [0.5, 0.6) is 0 Å². The molecule has 4 rings (SSSR count). The van der Waals surface area contributed by atoms with Gasteiger partial charge in [0, 0.05) is 6.61 Å². The third kappa shape index (κ3) is 3.92. The maximum Gasteiger partial charge on any atom is 0.0602 e. The smallest absolute Gasteiger partial charge is 0.0602 e. The molecule has 0 aromatic rings. The predicted molar refractivity (Wildman–Crippen MR) is 123 cm³/mol. The lowest BCUT2D eigenvalue weighted by molar-refractivity contribution is -0.207. The first-order chi connectivity index (χ1) is 14.6. The average Bonchev–Trinajstić information content (AvgIpc) is 3.08. The van der Waals surface area contributed by atoms with Crippen LogP contribution in [0.3, 0.4) is 0 Å². The summed E-state index contributed by atoms with van der Waals surface area (Å²) in [6.45, 7) is 9.51. The van der Waals surface area contributed by atoms with E-state index in [1.54, 1.807) is 0 Å². The van der Waals surface area contributed by atoms with Crippen LogP contribution in [0.25, 0.3) is 0 Å². The van der Waals surface area contributed by atoms with E-state index in [4.69, 9.17) is 0 Å². The van der Waals surface area contributed by atoms with Crippen molar-refractivity contribution in [3.05, 3.63) is 0 Å². The molecule has 0 aromatic heterocycles. The molecule has 0 spiro atoms. The lowest BCUT2D eigenvalue weighted by Crippen LogP contribution is -2.62. The molecule has 4 saturated carbocycles. The molecule has 180 valence electrons. The fraction of sp³-hybridized carbons (Fsp3) is 1.00. The molecule has 12 atom stereocenters. The topological polar surface area (TPSA) is 80.9 Å². The molecule has 0 saturated heterocycles. The molecule has 4 N–H and O–H groups in total. The fourth-order valence-electron chi connectivity index (χ4n) is 9.21. The van der Waals surface area contributed by atoms with E-state index in [2.05, 4.69) is 27.7 Å². The Bertz CT molecular complexity index is 624. The fourth-order valence-corrected chi connectivity index (χ4v) is 9.21. The van der Waals surface area contributed by atoms with Gasteiger partial charge in [0.05, 0.1) is 18.3 Å². The van der Waals surface area contributed by atoms with Crippen molar-refractivity contribution >= 4 is 0 Å². The third-order valence-corrected chi connectivity index (χ3v) is 11.2. The van der Waals surface area contributed by atoms with Crippen LogP contribution in [0.15, 0.2) is 0 Å². The second kappa shape index (κ2) is 8.89. The lowest BCUT2D eigenvalue weighted by atomic mass is 9.43. The zero-order valence-electron chi connectivity index (χ0n) is 20.3. The van der Waals surface area contributed by atoms with Crippen molar-refractivity contribution in [3.63, 3.8) is 0 Å². The van der Waals surface area contributed by atoms with Gasteiger partial charge < -0.3 is 20.4 Å². The first kappa shape index (κ1) is 24.0. The molecule has 31 heavy (non-hydrogen) atoms. The first-order valence-corrected chi connectivity index (χ1v) is 13.3. The van der Waals surface area contributed by atoms with Gasteiger partial charge >= 0.3 is 0 Å². The van der Waals surface area contributed by atoms with Crippen LogP contribution in [0, 0.1) is 52.3 Å². The summed E-state index contributed by atoms with van der Waals surface area (Å²) < 4.78 is 0. The summed E-state index contributed by atoms with van der Waals surface area (Å²) in [4.78, 5) is 0. The van der Waals surface area contributed by atoms with Gasteiger partial charge in [-0.15, -0.1) is 0 Å². The molecule has 4 aliphatic carbocycles. The number of aliphatic hydroxyl groups is 4. The standard InChI is InChI=1S/C27H48O4/c1-16(15-28)6-5-7-17(2)20-8-9-21-25-22(14-24(31)27(20,21)4)26(3)11-10-19(29)12-18(26)13-23(25)30/h16-25,28-31H,5-15H2,1-4H3/t16?,17?,18-,19-,20?,21?,22?,23-,24+,25?,26?,27?/m1/s1. The van der Waals surface area contributed by atoms with Crippen LogP contribution >= 0.6 is 0 Å². The van der Waals surface area contributed by atoms with Crippen LogP contribution < -0.4 is 0 Å². The van der Waals surface area contributed by atoms with Gasteiger partial charge in [-0.1, -0.05) is 40.5 Å². The van der Waals surface area contributed by atoms with Crippen LogP contribution in [0.2, 0.25) is 0 Å². The van der Waals surface area contributed by atoms with Crippen LogP contribution in [-0.2, 0) is 0 Å². The Kier molecular flexibility index (Phi) is 6.88. The van der Waals surface area contributed by atoms with Gasteiger partial charge in [0.1, 0.15) is 0 Å². The van der Waals surface area contributed by atoms with Crippen LogP contribution in [0.1, 0.15) is 91.9 Å². The molecule has 0 bridgehead atoms. The van der Waals surface area contributed by atoms with Gasteiger partial charge in [-0.3, -0.25) is 0 Å². The van der Waals surface area contributed by atoms with Crippen LogP contribution in [0.4, 0.5) is 0 Å². The van der Waals surface area contributed by atoms with E-state index in [1.165, 1.54) is 12.8 Å². The minimum absolute atomic E-state index is 0.0957. The maximum atomic E-state index is 11.6. The molecule has 0 aromatic carbocycles. The van der Waals surface area contributed by atoms with E-state index in [0.717, 1.165) is 51.4 Å². The Balaban J connectivity index is 1.52. The zero-order valence-corrected chi connectivity index (χ0v) is 20.3. The molecule has 4 heteroatoms. The largest absolute Gasteiger partial charge is 0.396 e. The normalized spacial score (nSPS) is 51.5. The molecule has 4 fully saturated rings. The Labute approximate surface area is 189 Å². The molecular weight excluding hydrogens is 388 g/mol. The molecule has 0 radical (unpaired) electrons. The molecular formula is C27H48O4. The molecule has 0 heterocycles. The Hall–Kier alpha value is -0.160. The van der Waals surface area contributed by atoms with Gasteiger partial charge in [0.15, 0.2) is 0 Å². The maximum absolute atomic E-state index is 11.6. The predicted octanol–water partition coefficient (Wildman–Crippen LogP) is 4.38. The summed E-state index contributed by atoms with van der Waals surface area (Å²) in [5.74, 6) is 2.93. The van der Waals surface area contributed by atoms with E-state index < -0.39 is 0 Å². The first-order valence-electron chi connectivity index (χ1n) is 13.3. The van der Waals surface area contributed by atoms with Crippen LogP contribution in [-0.4, -0.2) is 45.3 Å². The Morgan fingerprint density at radius 1 is 0.903 bits per heavy atom. The zero-order chi connectivity index (χ0) is 22.6. The summed E-state index contributed by atoms with van der Waals surface area (Å²) in [7, 11) is 0. The molecule has 0 amide bonds. The Morgan fingerprint density at radius 2 is 1.65 bits per heavy atom. The summed E-state index contributed by atoms with van der Waals surface area (Å²) in [6.07, 6.45) is 9.27. The number of fused-ring (bicyclic) bond motifs is 5. The van der Waals surface area contributed by atoms with Gasteiger partial charge in [-0.25, -0.2) is 0 Å². The minimum Gasteiger partial charge on any atom is -0.396 e. The van der Waals surface area contributed by atoms with E-state index >= 15 is 0 Å². The molecule has 4 nitrogen and oxygen atoms in total. The second-order valence-corrected chi connectivity index (χ2v) is 12.7. The average molecular weight is 437 g/mol. The third-order valence-electron chi connectivity index (χ3n) is 11.2. The number of rotatable bonds is 6. The Morgan fingerprint density at radius 3 is 2.35 bits per heavy atom. The van der Waals surface area contributed by atoms with Gasteiger partial charge in [-0.2, -0.15) is 0 Å². The van der Waals surface area contributed by atoms with Crippen molar-refractivity contribution in [1.82, 2.24) is 0 Å². The summed E-state index contributed by atoms with van der Waals surface area (Å²) in [5.41, 5.74) is 0.0527. The summed E-state index contributed by atoms with van der Waals surface area (Å²) >= 11 is 0. The van der Waals surface area contributed by atoms with Crippen molar-refractivity contribution < 1.29 is 20.4 Å².